The SMILES string of the molecule is O=[N+]([O-])c1ccc(CNC2CCN(C3CC3)CC2)o1. The maximum Gasteiger partial charge on any atom is 0.433 e. The summed E-state index contributed by atoms with van der Waals surface area (Å²) in [6.45, 7) is 2.91. The van der Waals surface area contributed by atoms with Gasteiger partial charge in [-0.1, -0.05) is 0 Å². The first-order chi connectivity index (χ1) is 9.22. The van der Waals surface area contributed by atoms with Crippen molar-refractivity contribution >= 4 is 5.88 Å². The van der Waals surface area contributed by atoms with Gasteiger partial charge in [0.15, 0.2) is 0 Å². The minimum absolute atomic E-state index is 0.180. The molecule has 1 N–H and O–H groups in total. The van der Waals surface area contributed by atoms with Crippen molar-refractivity contribution in [1.29, 1.82) is 0 Å². The number of nitro groups is 1. The van der Waals surface area contributed by atoms with E-state index >= 15 is 0 Å². The van der Waals surface area contributed by atoms with E-state index in [1.165, 1.54) is 32.0 Å². The Hall–Kier alpha value is -1.40. The Morgan fingerprint density at radius 3 is 2.63 bits per heavy atom. The smallest absolute Gasteiger partial charge is 0.404 e. The maximum absolute atomic E-state index is 10.5. The van der Waals surface area contributed by atoms with Crippen molar-refractivity contribution in [2.24, 2.45) is 0 Å². The van der Waals surface area contributed by atoms with Crippen LogP contribution in [-0.2, 0) is 6.54 Å². The molecule has 6 nitrogen and oxygen atoms in total. The van der Waals surface area contributed by atoms with Gasteiger partial charge in [-0.25, -0.2) is 0 Å². The van der Waals surface area contributed by atoms with E-state index in [1.807, 2.05) is 0 Å². The molecule has 1 aliphatic heterocycles. The fourth-order valence-corrected chi connectivity index (χ4v) is 2.71. The number of piperidine rings is 1. The van der Waals surface area contributed by atoms with E-state index in [1.54, 1.807) is 6.07 Å². The molecule has 1 aromatic heterocycles. The van der Waals surface area contributed by atoms with Crippen LogP contribution < -0.4 is 5.32 Å². The molecule has 1 aliphatic carbocycles. The zero-order valence-corrected chi connectivity index (χ0v) is 10.9. The van der Waals surface area contributed by atoms with E-state index in [0.29, 0.717) is 18.3 Å². The van der Waals surface area contributed by atoms with Crippen LogP contribution in [0.15, 0.2) is 16.5 Å². The van der Waals surface area contributed by atoms with Crippen LogP contribution in [0.5, 0.6) is 0 Å². The van der Waals surface area contributed by atoms with Crippen molar-refractivity contribution < 1.29 is 9.34 Å². The lowest BCUT2D eigenvalue weighted by Crippen LogP contribution is -2.43. The highest BCUT2D eigenvalue weighted by Gasteiger charge is 2.31. The first-order valence-electron chi connectivity index (χ1n) is 6.93. The zero-order chi connectivity index (χ0) is 13.2. The lowest BCUT2D eigenvalue weighted by molar-refractivity contribution is -0.402. The molecule has 1 saturated heterocycles. The van der Waals surface area contributed by atoms with Gasteiger partial charge in [0.05, 0.1) is 12.6 Å². The van der Waals surface area contributed by atoms with Crippen LogP contribution in [0.4, 0.5) is 5.88 Å². The molecule has 0 radical (unpaired) electrons. The van der Waals surface area contributed by atoms with Crippen LogP contribution in [0.1, 0.15) is 31.4 Å². The molecular weight excluding hydrogens is 246 g/mol. The van der Waals surface area contributed by atoms with Crippen LogP contribution in [-0.4, -0.2) is 35.0 Å². The van der Waals surface area contributed by atoms with Crippen molar-refractivity contribution in [3.05, 3.63) is 28.0 Å². The Kier molecular flexibility index (Phi) is 3.52. The Morgan fingerprint density at radius 2 is 2.05 bits per heavy atom. The lowest BCUT2D eigenvalue weighted by atomic mass is 10.0. The van der Waals surface area contributed by atoms with Crippen LogP contribution in [0.3, 0.4) is 0 Å². The third kappa shape index (κ3) is 3.13. The minimum Gasteiger partial charge on any atom is -0.404 e. The van der Waals surface area contributed by atoms with Crippen molar-refractivity contribution in [3.63, 3.8) is 0 Å². The quantitative estimate of drug-likeness (QED) is 0.650. The van der Waals surface area contributed by atoms with E-state index < -0.39 is 4.92 Å². The summed E-state index contributed by atoms with van der Waals surface area (Å²) in [5, 5.41) is 13.9. The molecule has 2 heterocycles. The highest BCUT2D eigenvalue weighted by molar-refractivity contribution is 5.17. The summed E-state index contributed by atoms with van der Waals surface area (Å²) in [5.41, 5.74) is 0. The largest absolute Gasteiger partial charge is 0.433 e. The number of likely N-dealkylation sites (tertiary alicyclic amines) is 1. The van der Waals surface area contributed by atoms with Crippen molar-refractivity contribution in [2.75, 3.05) is 13.1 Å². The van der Waals surface area contributed by atoms with Gasteiger partial charge in [-0.2, -0.15) is 0 Å². The van der Waals surface area contributed by atoms with Gasteiger partial charge in [0.2, 0.25) is 0 Å². The standard InChI is InChI=1S/C13H19N3O3/c17-16(18)13-4-3-12(19-13)9-14-10-5-7-15(8-6-10)11-1-2-11/h3-4,10-11,14H,1-2,5-9H2. The second-order valence-corrected chi connectivity index (χ2v) is 5.42. The van der Waals surface area contributed by atoms with Gasteiger partial charge >= 0.3 is 5.88 Å². The molecule has 0 aromatic carbocycles. The molecule has 1 aromatic rings. The Bertz CT molecular complexity index is 448. The summed E-state index contributed by atoms with van der Waals surface area (Å²) in [7, 11) is 0. The van der Waals surface area contributed by atoms with E-state index in [-0.39, 0.29) is 5.88 Å². The molecule has 3 rings (SSSR count). The van der Waals surface area contributed by atoms with Crippen LogP contribution >= 0.6 is 0 Å². The predicted molar refractivity (Wildman–Crippen MR) is 69.8 cm³/mol. The van der Waals surface area contributed by atoms with E-state index in [0.717, 1.165) is 18.9 Å². The normalized spacial score (nSPS) is 21.7. The monoisotopic (exact) mass is 265 g/mol. The molecule has 0 bridgehead atoms. The molecule has 0 spiro atoms. The molecule has 19 heavy (non-hydrogen) atoms. The van der Waals surface area contributed by atoms with Gasteiger partial charge in [0.25, 0.3) is 0 Å². The molecule has 0 atom stereocenters. The van der Waals surface area contributed by atoms with Crippen LogP contribution in [0, 0.1) is 10.1 Å². The third-order valence-electron chi connectivity index (χ3n) is 3.99. The molecule has 6 heteroatoms. The Balaban J connectivity index is 1.43. The first-order valence-corrected chi connectivity index (χ1v) is 6.93. The number of nitrogens with one attached hydrogen (secondary N) is 1. The van der Waals surface area contributed by atoms with Gasteiger partial charge < -0.3 is 14.6 Å². The average molecular weight is 265 g/mol. The summed E-state index contributed by atoms with van der Waals surface area (Å²) in [6.07, 6.45) is 5.04. The minimum atomic E-state index is -0.502. The second kappa shape index (κ2) is 5.30. The van der Waals surface area contributed by atoms with E-state index in [4.69, 9.17) is 4.42 Å². The van der Waals surface area contributed by atoms with Gasteiger partial charge in [0.1, 0.15) is 10.7 Å². The topological polar surface area (TPSA) is 71.6 Å². The summed E-state index contributed by atoms with van der Waals surface area (Å²) < 4.78 is 5.13. The number of hydrogen-bond donors (Lipinski definition) is 1. The lowest BCUT2D eigenvalue weighted by Gasteiger charge is -2.32. The van der Waals surface area contributed by atoms with Gasteiger partial charge in [-0.05, 0) is 44.8 Å². The van der Waals surface area contributed by atoms with E-state index in [2.05, 4.69) is 10.2 Å². The molecule has 0 amide bonds. The van der Waals surface area contributed by atoms with E-state index in [9.17, 15) is 10.1 Å². The number of hydrogen-bond acceptors (Lipinski definition) is 5. The summed E-state index contributed by atoms with van der Waals surface area (Å²) in [4.78, 5) is 12.6. The first kappa shape index (κ1) is 12.6. The highest BCUT2D eigenvalue weighted by Crippen LogP contribution is 2.29. The summed E-state index contributed by atoms with van der Waals surface area (Å²) >= 11 is 0. The van der Waals surface area contributed by atoms with Gasteiger partial charge in [-0.15, -0.1) is 0 Å². The Morgan fingerprint density at radius 1 is 1.32 bits per heavy atom. The molecule has 0 unspecified atom stereocenters. The summed E-state index contributed by atoms with van der Waals surface area (Å²) in [5.74, 6) is 0.455. The fraction of sp³-hybridized carbons (Fsp3) is 0.692. The number of nitrogens with zero attached hydrogens (tertiary/aromatic N) is 2. The third-order valence-corrected chi connectivity index (χ3v) is 3.99. The zero-order valence-electron chi connectivity index (χ0n) is 10.9. The van der Waals surface area contributed by atoms with Crippen LogP contribution in [0.25, 0.3) is 0 Å². The van der Waals surface area contributed by atoms with Crippen LogP contribution in [0.2, 0.25) is 0 Å². The van der Waals surface area contributed by atoms with Crippen molar-refractivity contribution in [1.82, 2.24) is 10.2 Å². The molecule has 1 saturated carbocycles. The molecule has 2 fully saturated rings. The van der Waals surface area contributed by atoms with Crippen molar-refractivity contribution in [3.8, 4) is 0 Å². The average Bonchev–Trinajstić information content (AvgIpc) is 3.15. The molecule has 104 valence electrons. The molecular formula is C13H19N3O3. The Labute approximate surface area is 111 Å². The van der Waals surface area contributed by atoms with Gasteiger partial charge in [-0.3, -0.25) is 10.1 Å². The van der Waals surface area contributed by atoms with Gasteiger partial charge in [0, 0.05) is 12.1 Å². The molecule has 2 aliphatic rings. The maximum atomic E-state index is 10.5. The highest BCUT2D eigenvalue weighted by atomic mass is 16.6. The second-order valence-electron chi connectivity index (χ2n) is 5.42. The number of rotatable bonds is 5. The predicted octanol–water partition coefficient (Wildman–Crippen LogP) is 1.90. The van der Waals surface area contributed by atoms with Crippen molar-refractivity contribution in [2.45, 2.75) is 44.3 Å². The number of furan rings is 1. The fourth-order valence-electron chi connectivity index (χ4n) is 2.71. The summed E-state index contributed by atoms with van der Waals surface area (Å²) in [6, 6.07) is 4.44.